The minimum Gasteiger partial charge on any atom is -0.465 e. The van der Waals surface area contributed by atoms with Crippen LogP contribution >= 0.6 is 0 Å². The van der Waals surface area contributed by atoms with Gasteiger partial charge in [0, 0.05) is 5.56 Å². The van der Waals surface area contributed by atoms with Gasteiger partial charge in [0.05, 0.1) is 12.7 Å². The average Bonchev–Trinajstić information content (AvgIpc) is 2.44. The molecule has 23 heavy (non-hydrogen) atoms. The quantitative estimate of drug-likeness (QED) is 0.473. The van der Waals surface area contributed by atoms with Crippen molar-refractivity contribution in [3.05, 3.63) is 34.9 Å². The molecule has 0 heterocycles. The van der Waals surface area contributed by atoms with Gasteiger partial charge in [-0.3, -0.25) is 4.79 Å². The number of alkyl halides is 7. The zero-order valence-corrected chi connectivity index (χ0v) is 11.6. The van der Waals surface area contributed by atoms with Gasteiger partial charge in [0.15, 0.2) is 0 Å². The van der Waals surface area contributed by atoms with E-state index in [-0.39, 0.29) is 11.1 Å². The first-order chi connectivity index (χ1) is 10.3. The number of ether oxygens (including phenoxy) is 1. The number of Topliss-reactive ketones (excluding diaryl/α,β-unsaturated/α-hetero) is 1. The summed E-state index contributed by atoms with van der Waals surface area (Å²) < 4.78 is 93.0. The first-order valence-corrected chi connectivity index (χ1v) is 5.83. The maximum atomic E-state index is 13.4. The predicted octanol–water partition coefficient (Wildman–Crippen LogP) is 3.80. The molecule has 0 atom stereocenters. The van der Waals surface area contributed by atoms with Crippen LogP contribution in [0.3, 0.4) is 0 Å². The lowest BCUT2D eigenvalue weighted by Crippen LogP contribution is -2.56. The predicted molar refractivity (Wildman–Crippen MR) is 62.8 cm³/mol. The van der Waals surface area contributed by atoms with Crippen molar-refractivity contribution in [3.8, 4) is 0 Å². The normalized spacial score (nSPS) is 12.9. The van der Waals surface area contributed by atoms with Crippen molar-refractivity contribution in [1.29, 1.82) is 0 Å². The Hall–Kier alpha value is -2.13. The summed E-state index contributed by atoms with van der Waals surface area (Å²) in [7, 11) is 1.01. The maximum Gasteiger partial charge on any atom is 0.460 e. The summed E-state index contributed by atoms with van der Waals surface area (Å²) in [6.45, 7) is 1.00. The number of methoxy groups -OCH3 is 1. The van der Waals surface area contributed by atoms with E-state index in [0.717, 1.165) is 26.2 Å². The van der Waals surface area contributed by atoms with Crippen LogP contribution < -0.4 is 0 Å². The van der Waals surface area contributed by atoms with Gasteiger partial charge in [-0.2, -0.15) is 30.7 Å². The van der Waals surface area contributed by atoms with Gasteiger partial charge in [0.2, 0.25) is 5.78 Å². The van der Waals surface area contributed by atoms with Crippen LogP contribution in [0.4, 0.5) is 30.7 Å². The van der Waals surface area contributed by atoms with E-state index >= 15 is 0 Å². The maximum absolute atomic E-state index is 13.4. The van der Waals surface area contributed by atoms with E-state index < -0.39 is 35.3 Å². The molecule has 3 nitrogen and oxygen atoms in total. The number of hydrogen-bond acceptors (Lipinski definition) is 3. The van der Waals surface area contributed by atoms with Crippen LogP contribution in [0.25, 0.3) is 0 Å². The van der Waals surface area contributed by atoms with Crippen molar-refractivity contribution < 1.29 is 45.1 Å². The second-order valence-electron chi connectivity index (χ2n) is 4.50. The monoisotopic (exact) mass is 346 g/mol. The zero-order chi connectivity index (χ0) is 18.2. The number of rotatable bonds is 4. The minimum absolute atomic E-state index is 0.188. The van der Waals surface area contributed by atoms with Crippen molar-refractivity contribution >= 4 is 11.8 Å². The van der Waals surface area contributed by atoms with Crippen molar-refractivity contribution in [3.63, 3.8) is 0 Å². The zero-order valence-electron chi connectivity index (χ0n) is 11.6. The SMILES string of the molecule is COC(=O)c1ccc(C(=O)C(F)(F)C(F)(F)C(F)(F)F)c(C)c1. The Morgan fingerprint density at radius 3 is 1.91 bits per heavy atom. The lowest BCUT2D eigenvalue weighted by molar-refractivity contribution is -0.339. The van der Waals surface area contributed by atoms with Crippen molar-refractivity contribution in [2.24, 2.45) is 0 Å². The fourth-order valence-corrected chi connectivity index (χ4v) is 1.65. The molecule has 1 aromatic rings. The van der Waals surface area contributed by atoms with Crippen LogP contribution in [-0.4, -0.2) is 36.9 Å². The van der Waals surface area contributed by atoms with Gasteiger partial charge >= 0.3 is 24.0 Å². The van der Waals surface area contributed by atoms with Crippen LogP contribution in [0.5, 0.6) is 0 Å². The molecular formula is C13H9F7O3. The van der Waals surface area contributed by atoms with Crippen LogP contribution in [0, 0.1) is 6.92 Å². The first-order valence-electron chi connectivity index (χ1n) is 5.83. The number of halogens is 7. The average molecular weight is 346 g/mol. The van der Waals surface area contributed by atoms with Crippen LogP contribution in [0.1, 0.15) is 26.3 Å². The van der Waals surface area contributed by atoms with E-state index in [2.05, 4.69) is 4.74 Å². The molecule has 0 radical (unpaired) electrons. The van der Waals surface area contributed by atoms with E-state index in [1.165, 1.54) is 0 Å². The summed E-state index contributed by atoms with van der Waals surface area (Å²) in [6.07, 6.45) is -6.61. The molecular weight excluding hydrogens is 337 g/mol. The topological polar surface area (TPSA) is 43.4 Å². The standard InChI is InChI=1S/C13H9F7O3/c1-6-5-7(10(22)23-2)3-4-8(6)9(21)11(14,15)12(16,17)13(18,19)20/h3-5H,1-2H3. The molecule has 128 valence electrons. The highest BCUT2D eigenvalue weighted by molar-refractivity contribution is 6.04. The molecule has 0 aliphatic carbocycles. The number of carbonyl (C=O) groups excluding carboxylic acids is 2. The Morgan fingerprint density at radius 2 is 1.52 bits per heavy atom. The van der Waals surface area contributed by atoms with Crippen molar-refractivity contribution in [2.75, 3.05) is 7.11 Å². The van der Waals surface area contributed by atoms with Gasteiger partial charge < -0.3 is 4.74 Å². The highest BCUT2D eigenvalue weighted by atomic mass is 19.4. The summed E-state index contributed by atoms with van der Waals surface area (Å²) in [5.74, 6) is -16.1. The Kier molecular flexibility index (Phi) is 4.79. The van der Waals surface area contributed by atoms with Crippen LogP contribution in [-0.2, 0) is 4.74 Å². The molecule has 0 aliphatic heterocycles. The number of hydrogen-bond donors (Lipinski definition) is 0. The number of esters is 1. The third-order valence-electron chi connectivity index (χ3n) is 2.93. The molecule has 1 aromatic carbocycles. The fraction of sp³-hybridized carbons (Fsp3) is 0.385. The Balaban J connectivity index is 3.32. The van der Waals surface area contributed by atoms with Gasteiger partial charge in [-0.05, 0) is 24.6 Å². The van der Waals surface area contributed by atoms with Gasteiger partial charge in [-0.15, -0.1) is 0 Å². The summed E-state index contributed by atoms with van der Waals surface area (Å²) in [5.41, 5.74) is -1.63. The third kappa shape index (κ3) is 3.15. The summed E-state index contributed by atoms with van der Waals surface area (Å²) in [5, 5.41) is 0. The van der Waals surface area contributed by atoms with Crippen LogP contribution in [0.15, 0.2) is 18.2 Å². The van der Waals surface area contributed by atoms with Gasteiger partial charge in [-0.1, -0.05) is 6.07 Å². The van der Waals surface area contributed by atoms with Crippen LogP contribution in [0.2, 0.25) is 0 Å². The van der Waals surface area contributed by atoms with E-state index in [0.29, 0.717) is 6.07 Å². The van der Waals surface area contributed by atoms with E-state index in [1.807, 2.05) is 0 Å². The van der Waals surface area contributed by atoms with Gasteiger partial charge in [0.1, 0.15) is 0 Å². The summed E-state index contributed by atoms with van der Waals surface area (Å²) >= 11 is 0. The first kappa shape index (κ1) is 18.9. The number of carbonyl (C=O) groups is 2. The fourth-order valence-electron chi connectivity index (χ4n) is 1.65. The summed E-state index contributed by atoms with van der Waals surface area (Å²) in [6, 6.07) is 2.22. The molecule has 0 N–H and O–H groups in total. The van der Waals surface area contributed by atoms with E-state index in [9.17, 15) is 40.3 Å². The highest BCUT2D eigenvalue weighted by Crippen LogP contribution is 2.47. The molecule has 0 bridgehead atoms. The van der Waals surface area contributed by atoms with Crippen molar-refractivity contribution in [2.45, 2.75) is 24.9 Å². The largest absolute Gasteiger partial charge is 0.465 e. The molecule has 0 aliphatic rings. The molecule has 0 amide bonds. The minimum atomic E-state index is -6.61. The van der Waals surface area contributed by atoms with Crippen molar-refractivity contribution in [1.82, 2.24) is 0 Å². The molecule has 0 saturated heterocycles. The van der Waals surface area contributed by atoms with E-state index in [1.54, 1.807) is 0 Å². The second kappa shape index (κ2) is 5.82. The molecule has 0 aromatic heterocycles. The Morgan fingerprint density at radius 1 is 1.00 bits per heavy atom. The third-order valence-corrected chi connectivity index (χ3v) is 2.93. The molecule has 1 rings (SSSR count). The van der Waals surface area contributed by atoms with E-state index in [4.69, 9.17) is 0 Å². The Labute approximate surface area is 125 Å². The number of benzene rings is 1. The van der Waals surface area contributed by atoms with Gasteiger partial charge in [0.25, 0.3) is 0 Å². The second-order valence-corrected chi connectivity index (χ2v) is 4.50. The molecule has 0 unspecified atom stereocenters. The number of aryl methyl sites for hydroxylation is 1. The summed E-state index contributed by atoms with van der Waals surface area (Å²) in [4.78, 5) is 22.7. The molecule has 0 spiro atoms. The van der Waals surface area contributed by atoms with Gasteiger partial charge in [-0.25, -0.2) is 4.79 Å². The Bertz CT molecular complexity index is 635. The smallest absolute Gasteiger partial charge is 0.460 e. The number of ketones is 1. The molecule has 10 heteroatoms. The lowest BCUT2D eigenvalue weighted by Gasteiger charge is -2.27. The lowest BCUT2D eigenvalue weighted by atomic mass is 9.95. The molecule has 0 saturated carbocycles. The molecule has 0 fully saturated rings. The highest BCUT2D eigenvalue weighted by Gasteiger charge is 2.76.